The monoisotopic (exact) mass is 398 g/mol. The van der Waals surface area contributed by atoms with Crippen molar-refractivity contribution in [1.29, 1.82) is 0 Å². The van der Waals surface area contributed by atoms with Crippen molar-refractivity contribution in [2.24, 2.45) is 10.7 Å². The summed E-state index contributed by atoms with van der Waals surface area (Å²) in [5.74, 6) is 0.599. The van der Waals surface area contributed by atoms with Gasteiger partial charge in [-0.05, 0) is 19.1 Å². The van der Waals surface area contributed by atoms with E-state index in [1.54, 1.807) is 0 Å². The van der Waals surface area contributed by atoms with Crippen LogP contribution in [0.1, 0.15) is 37.1 Å². The molecule has 8 heteroatoms. The Hall–Kier alpha value is -3.42. The number of aliphatic imine (C=N–C) groups is 1. The molecule has 3 rings (SSSR count). The minimum atomic E-state index is -2.57. The Morgan fingerprint density at radius 1 is 1.10 bits per heavy atom. The summed E-state index contributed by atoms with van der Waals surface area (Å²) in [6.07, 6.45) is -1.13. The van der Waals surface area contributed by atoms with Crippen LogP contribution in [0.15, 0.2) is 53.7 Å². The highest BCUT2D eigenvalue weighted by Gasteiger charge is 2.12. The van der Waals surface area contributed by atoms with Crippen LogP contribution in [0, 0.1) is 6.92 Å². The number of nitrogens with zero attached hydrogens (tertiary/aromatic N) is 4. The molecule has 0 aliphatic heterocycles. The smallest absolute Gasteiger partial charge is 0.263 e. The van der Waals surface area contributed by atoms with Crippen molar-refractivity contribution in [3.8, 4) is 11.3 Å². The highest BCUT2D eigenvalue weighted by atomic mass is 19.3. The molecule has 2 heterocycles. The van der Waals surface area contributed by atoms with Gasteiger partial charge < -0.3 is 11.5 Å². The van der Waals surface area contributed by atoms with Gasteiger partial charge in [-0.1, -0.05) is 44.2 Å². The van der Waals surface area contributed by atoms with Gasteiger partial charge in [0.1, 0.15) is 5.84 Å². The average molecular weight is 398 g/mol. The highest BCUT2D eigenvalue weighted by Crippen LogP contribution is 2.28. The number of pyridine rings is 1. The predicted octanol–water partition coefficient (Wildman–Crippen LogP) is 4.62. The molecule has 0 spiro atoms. The SMILES string of the molecule is CC.Cc1c(N=C(N)Cc2cc(C(F)F)ccn2)nc(N)nc1-c1ccccc1. The number of alkyl halides is 2. The van der Waals surface area contributed by atoms with Gasteiger partial charge in [0, 0.05) is 35.0 Å². The van der Waals surface area contributed by atoms with Crippen molar-refractivity contribution in [3.63, 3.8) is 0 Å². The van der Waals surface area contributed by atoms with E-state index in [0.29, 0.717) is 22.8 Å². The topological polar surface area (TPSA) is 103 Å². The predicted molar refractivity (Wildman–Crippen MR) is 112 cm³/mol. The van der Waals surface area contributed by atoms with Crippen LogP contribution in [0.3, 0.4) is 0 Å². The van der Waals surface area contributed by atoms with Crippen molar-refractivity contribution < 1.29 is 8.78 Å². The normalized spacial score (nSPS) is 11.2. The quantitative estimate of drug-likeness (QED) is 0.482. The molecule has 0 atom stereocenters. The Morgan fingerprint density at radius 2 is 1.79 bits per heavy atom. The largest absolute Gasteiger partial charge is 0.387 e. The molecule has 0 aliphatic rings. The number of hydrogen-bond acceptors (Lipinski definition) is 5. The Kier molecular flexibility index (Phi) is 7.70. The van der Waals surface area contributed by atoms with Crippen molar-refractivity contribution in [2.45, 2.75) is 33.6 Å². The fraction of sp³-hybridized carbons (Fsp3) is 0.238. The molecule has 0 aliphatic carbocycles. The van der Waals surface area contributed by atoms with Crippen LogP contribution >= 0.6 is 0 Å². The maximum atomic E-state index is 12.8. The molecular formula is C21H24F2N6. The third-order valence-electron chi connectivity index (χ3n) is 3.89. The lowest BCUT2D eigenvalue weighted by molar-refractivity contribution is 0.151. The molecule has 0 unspecified atom stereocenters. The molecular weight excluding hydrogens is 374 g/mol. The molecule has 0 bridgehead atoms. The summed E-state index contributed by atoms with van der Waals surface area (Å²) < 4.78 is 25.6. The molecule has 0 saturated heterocycles. The second kappa shape index (κ2) is 10.2. The van der Waals surface area contributed by atoms with E-state index in [0.717, 1.165) is 5.56 Å². The summed E-state index contributed by atoms with van der Waals surface area (Å²) in [7, 11) is 0. The number of nitrogen functional groups attached to an aromatic ring is 1. The van der Waals surface area contributed by atoms with Crippen LogP contribution in [0.25, 0.3) is 11.3 Å². The Labute approximate surface area is 168 Å². The second-order valence-corrected chi connectivity index (χ2v) is 5.91. The first-order chi connectivity index (χ1) is 13.9. The molecule has 0 saturated carbocycles. The zero-order valence-corrected chi connectivity index (χ0v) is 16.6. The Bertz CT molecular complexity index is 974. The van der Waals surface area contributed by atoms with Gasteiger partial charge in [0.25, 0.3) is 6.43 Å². The van der Waals surface area contributed by atoms with E-state index in [2.05, 4.69) is 19.9 Å². The first-order valence-corrected chi connectivity index (χ1v) is 9.19. The van der Waals surface area contributed by atoms with Gasteiger partial charge in [-0.15, -0.1) is 0 Å². The maximum Gasteiger partial charge on any atom is 0.263 e. The standard InChI is InChI=1S/C19H18F2N6.C2H6/c1-11-16(12-5-3-2-4-6-12)26-19(23)27-18(11)25-15(22)10-14-9-13(17(20)21)7-8-24-14;1-2/h2-9,17H,10H2,1H3,(H4,22,23,25,26,27);1-2H3. The van der Waals surface area contributed by atoms with E-state index in [9.17, 15) is 8.78 Å². The third kappa shape index (κ3) is 5.78. The second-order valence-electron chi connectivity index (χ2n) is 5.91. The van der Waals surface area contributed by atoms with Gasteiger partial charge in [-0.25, -0.2) is 18.8 Å². The maximum absolute atomic E-state index is 12.8. The first-order valence-electron chi connectivity index (χ1n) is 9.19. The van der Waals surface area contributed by atoms with Crippen molar-refractivity contribution >= 4 is 17.6 Å². The van der Waals surface area contributed by atoms with Crippen molar-refractivity contribution in [3.05, 3.63) is 65.5 Å². The van der Waals surface area contributed by atoms with Gasteiger partial charge in [0.05, 0.1) is 5.69 Å². The molecule has 29 heavy (non-hydrogen) atoms. The molecule has 0 radical (unpaired) electrons. The fourth-order valence-corrected chi connectivity index (χ4v) is 2.60. The highest BCUT2D eigenvalue weighted by molar-refractivity contribution is 5.85. The first kappa shape index (κ1) is 21.9. The fourth-order valence-electron chi connectivity index (χ4n) is 2.60. The van der Waals surface area contributed by atoms with Gasteiger partial charge in [-0.3, -0.25) is 4.98 Å². The van der Waals surface area contributed by atoms with Crippen LogP contribution in [0.4, 0.5) is 20.5 Å². The van der Waals surface area contributed by atoms with E-state index in [-0.39, 0.29) is 23.8 Å². The number of nitrogens with two attached hydrogens (primary N) is 2. The molecule has 0 amide bonds. The van der Waals surface area contributed by atoms with Gasteiger partial charge >= 0.3 is 0 Å². The minimum Gasteiger partial charge on any atom is -0.387 e. The Morgan fingerprint density at radius 3 is 2.45 bits per heavy atom. The van der Waals surface area contributed by atoms with Crippen LogP contribution in [-0.2, 0) is 6.42 Å². The molecule has 3 aromatic rings. The summed E-state index contributed by atoms with van der Waals surface area (Å²) in [4.78, 5) is 16.8. The molecule has 2 aromatic heterocycles. The number of aromatic nitrogens is 3. The van der Waals surface area contributed by atoms with Crippen molar-refractivity contribution in [1.82, 2.24) is 15.0 Å². The summed E-state index contributed by atoms with van der Waals surface area (Å²) in [6, 6.07) is 12.1. The summed E-state index contributed by atoms with van der Waals surface area (Å²) >= 11 is 0. The number of amidine groups is 1. The van der Waals surface area contributed by atoms with E-state index in [1.165, 1.54) is 18.3 Å². The van der Waals surface area contributed by atoms with Crippen LogP contribution in [0.5, 0.6) is 0 Å². The zero-order valence-electron chi connectivity index (χ0n) is 16.6. The van der Waals surface area contributed by atoms with Gasteiger partial charge in [0.2, 0.25) is 5.95 Å². The van der Waals surface area contributed by atoms with E-state index < -0.39 is 6.43 Å². The van der Waals surface area contributed by atoms with Gasteiger partial charge in [0.15, 0.2) is 5.82 Å². The lowest BCUT2D eigenvalue weighted by Gasteiger charge is -2.09. The molecule has 1 aromatic carbocycles. The third-order valence-corrected chi connectivity index (χ3v) is 3.89. The number of rotatable bonds is 5. The summed E-state index contributed by atoms with van der Waals surface area (Å²) in [6.45, 7) is 5.82. The van der Waals surface area contributed by atoms with Crippen LogP contribution < -0.4 is 11.5 Å². The number of hydrogen-bond donors (Lipinski definition) is 2. The van der Waals surface area contributed by atoms with E-state index >= 15 is 0 Å². The summed E-state index contributed by atoms with van der Waals surface area (Å²) in [5, 5.41) is 0. The molecule has 6 nitrogen and oxygen atoms in total. The van der Waals surface area contributed by atoms with Crippen LogP contribution in [0.2, 0.25) is 0 Å². The molecule has 4 N–H and O–H groups in total. The number of anilines is 1. The lowest BCUT2D eigenvalue weighted by Crippen LogP contribution is -2.16. The average Bonchev–Trinajstić information content (AvgIpc) is 2.72. The number of halogens is 2. The van der Waals surface area contributed by atoms with E-state index in [4.69, 9.17) is 11.5 Å². The zero-order chi connectivity index (χ0) is 21.4. The van der Waals surface area contributed by atoms with Crippen LogP contribution in [-0.4, -0.2) is 20.8 Å². The summed E-state index contributed by atoms with van der Waals surface area (Å²) in [5.41, 5.74) is 14.4. The van der Waals surface area contributed by atoms with Crippen molar-refractivity contribution in [2.75, 3.05) is 5.73 Å². The Balaban J connectivity index is 0.00000145. The number of benzene rings is 1. The molecule has 0 fully saturated rings. The molecule has 152 valence electrons. The lowest BCUT2D eigenvalue weighted by atomic mass is 10.1. The van der Waals surface area contributed by atoms with Gasteiger partial charge in [-0.2, -0.15) is 4.98 Å². The minimum absolute atomic E-state index is 0.0730. The van der Waals surface area contributed by atoms with E-state index in [1.807, 2.05) is 51.1 Å².